The van der Waals surface area contributed by atoms with Gasteiger partial charge in [0.15, 0.2) is 0 Å². The number of benzene rings is 1. The number of nitrogens with zero attached hydrogens (tertiary/aromatic N) is 1. The summed E-state index contributed by atoms with van der Waals surface area (Å²) in [6.45, 7) is 22.1. The molecule has 2 N–H and O–H groups in total. The minimum Gasteiger partial charge on any atom is -0.478 e. The molecule has 1 heterocycles. The lowest BCUT2D eigenvalue weighted by Crippen LogP contribution is -2.68. The molecule has 7 rings (SSSR count). The van der Waals surface area contributed by atoms with Crippen LogP contribution in [0.4, 0.5) is 0 Å². The molecule has 47 heavy (non-hydrogen) atoms. The summed E-state index contributed by atoms with van der Waals surface area (Å²) in [5.41, 5.74) is 5.10. The zero-order valence-electron chi connectivity index (χ0n) is 30.1. The maximum Gasteiger partial charge on any atom is 0.335 e. The second-order valence-electron chi connectivity index (χ2n) is 18.2. The van der Waals surface area contributed by atoms with Crippen LogP contribution in [0, 0.1) is 51.2 Å². The first kappa shape index (κ1) is 33.1. The summed E-state index contributed by atoms with van der Waals surface area (Å²) in [5, 5.41) is 13.5. The SMILES string of the molecule is C=C(C)[C@@H]1CC[C@]2(NCC(=O)N3CCCC3)CC[C@]3(C)[C@H](CC[C@@H]4[C@@]5(C)CC=C(c6ccc(C(=O)O)cc6)C(C)(C)[C@@H]5CC[C@]43C)[C@@H]12. The van der Waals surface area contributed by atoms with E-state index in [1.165, 1.54) is 68.1 Å². The van der Waals surface area contributed by atoms with Gasteiger partial charge in [0.05, 0.1) is 12.1 Å². The lowest BCUT2D eigenvalue weighted by Gasteiger charge is -2.72. The zero-order valence-corrected chi connectivity index (χ0v) is 30.1. The van der Waals surface area contributed by atoms with Crippen LogP contribution >= 0.6 is 0 Å². The molecular weight excluding hydrogens is 580 g/mol. The molecule has 5 nitrogen and oxygen atoms in total. The van der Waals surface area contributed by atoms with Crippen molar-refractivity contribution in [3.05, 3.63) is 53.6 Å². The van der Waals surface area contributed by atoms with Crippen LogP contribution in [-0.4, -0.2) is 47.1 Å². The van der Waals surface area contributed by atoms with Gasteiger partial charge in [0.1, 0.15) is 0 Å². The number of rotatable bonds is 6. The topological polar surface area (TPSA) is 69.6 Å². The Morgan fingerprint density at radius 2 is 1.60 bits per heavy atom. The van der Waals surface area contributed by atoms with Gasteiger partial charge in [-0.3, -0.25) is 4.79 Å². The number of aromatic carboxylic acids is 1. The number of fused-ring (bicyclic) bond motifs is 7. The van der Waals surface area contributed by atoms with Crippen molar-refractivity contribution in [2.45, 2.75) is 118 Å². The second kappa shape index (κ2) is 11.3. The number of likely N-dealkylation sites (tertiary alicyclic amines) is 1. The fourth-order valence-electron chi connectivity index (χ4n) is 13.7. The van der Waals surface area contributed by atoms with E-state index in [1.807, 2.05) is 12.1 Å². The number of carboxylic acid groups (broad SMARTS) is 1. The summed E-state index contributed by atoms with van der Waals surface area (Å²) in [6, 6.07) is 7.59. The highest BCUT2D eigenvalue weighted by Gasteiger charge is 2.70. The number of carbonyl (C=O) groups is 2. The molecular formula is C42H60N2O3. The van der Waals surface area contributed by atoms with Crippen molar-refractivity contribution in [2.75, 3.05) is 19.6 Å². The third-order valence-electron chi connectivity index (χ3n) is 16.1. The van der Waals surface area contributed by atoms with E-state index < -0.39 is 5.97 Å². The van der Waals surface area contributed by atoms with Crippen LogP contribution in [-0.2, 0) is 4.79 Å². The van der Waals surface area contributed by atoms with Crippen LogP contribution in [0.3, 0.4) is 0 Å². The van der Waals surface area contributed by atoms with Crippen molar-refractivity contribution in [3.63, 3.8) is 0 Å². The maximum atomic E-state index is 13.3. The average molecular weight is 641 g/mol. The fourth-order valence-corrected chi connectivity index (χ4v) is 13.7. The Hall–Kier alpha value is -2.40. The monoisotopic (exact) mass is 640 g/mol. The van der Waals surface area contributed by atoms with E-state index in [1.54, 1.807) is 12.1 Å². The van der Waals surface area contributed by atoms with Gasteiger partial charge in [0.2, 0.25) is 5.91 Å². The molecule has 1 aromatic rings. The molecule has 1 saturated heterocycles. The molecule has 0 spiro atoms. The van der Waals surface area contributed by atoms with Gasteiger partial charge in [-0.2, -0.15) is 0 Å². The first-order chi connectivity index (χ1) is 22.2. The number of carboxylic acids is 1. The number of hydrogen-bond donors (Lipinski definition) is 2. The standard InChI is InChI=1S/C42H60N2O3/c1-27(2)30-16-21-42(43-26-35(45)44-24-8-9-25-44)23-22-40(6)32(36(30)42)14-15-34-39(5)19-17-31(28-10-12-29(13-11-28)37(46)47)38(3,4)33(39)18-20-41(34,40)7/h10-13,17,30,32-34,36,43H,1,8-9,14-16,18-26H2,2-7H3,(H,46,47)/t30-,32+,33-,34+,36+,39-,40+,41+,42-/m0/s1. The Balaban J connectivity index is 1.18. The summed E-state index contributed by atoms with van der Waals surface area (Å²) in [4.78, 5) is 26.9. The highest BCUT2D eigenvalue weighted by Crippen LogP contribution is 2.76. The van der Waals surface area contributed by atoms with Gasteiger partial charge >= 0.3 is 5.97 Å². The molecule has 1 amide bonds. The number of amides is 1. The molecule has 5 fully saturated rings. The average Bonchev–Trinajstić information content (AvgIpc) is 3.70. The summed E-state index contributed by atoms with van der Waals surface area (Å²) < 4.78 is 0. The minimum absolute atomic E-state index is 0.0147. The van der Waals surface area contributed by atoms with Crippen molar-refractivity contribution < 1.29 is 14.7 Å². The van der Waals surface area contributed by atoms with Crippen LogP contribution in [0.15, 0.2) is 42.5 Å². The lowest BCUT2D eigenvalue weighted by molar-refractivity contribution is -0.219. The Morgan fingerprint density at radius 1 is 0.894 bits per heavy atom. The van der Waals surface area contributed by atoms with E-state index in [-0.39, 0.29) is 27.2 Å². The van der Waals surface area contributed by atoms with E-state index >= 15 is 0 Å². The molecule has 1 aliphatic heterocycles. The van der Waals surface area contributed by atoms with Crippen LogP contribution in [0.25, 0.3) is 5.57 Å². The maximum absolute atomic E-state index is 13.3. The third kappa shape index (κ3) is 4.78. The normalized spacial score (nSPS) is 42.0. The highest BCUT2D eigenvalue weighted by atomic mass is 16.4. The summed E-state index contributed by atoms with van der Waals surface area (Å²) in [6.07, 6.45) is 15.8. The summed E-state index contributed by atoms with van der Waals surface area (Å²) in [5.74, 6) is 2.42. The van der Waals surface area contributed by atoms with Gasteiger partial charge in [0, 0.05) is 18.6 Å². The van der Waals surface area contributed by atoms with Gasteiger partial charge in [-0.15, -0.1) is 0 Å². The molecule has 6 aliphatic rings. The van der Waals surface area contributed by atoms with E-state index in [0.29, 0.717) is 47.6 Å². The largest absolute Gasteiger partial charge is 0.478 e. The van der Waals surface area contributed by atoms with Crippen LogP contribution in [0.2, 0.25) is 0 Å². The molecule has 5 heteroatoms. The lowest BCUT2D eigenvalue weighted by atomic mass is 9.33. The number of allylic oxidation sites excluding steroid dienone is 3. The third-order valence-corrected chi connectivity index (χ3v) is 16.1. The number of nitrogens with one attached hydrogen (secondary N) is 1. The quantitative estimate of drug-likeness (QED) is 0.305. The van der Waals surface area contributed by atoms with E-state index in [4.69, 9.17) is 0 Å². The van der Waals surface area contributed by atoms with Crippen molar-refractivity contribution in [3.8, 4) is 0 Å². The summed E-state index contributed by atoms with van der Waals surface area (Å²) >= 11 is 0. The Kier molecular flexibility index (Phi) is 7.98. The minimum atomic E-state index is -0.866. The molecule has 0 bridgehead atoms. The van der Waals surface area contributed by atoms with Crippen molar-refractivity contribution in [1.29, 1.82) is 0 Å². The molecule has 9 atom stereocenters. The first-order valence-corrected chi connectivity index (χ1v) is 18.9. The van der Waals surface area contributed by atoms with Gasteiger partial charge in [0.25, 0.3) is 0 Å². The van der Waals surface area contributed by atoms with E-state index in [0.717, 1.165) is 32.4 Å². The Morgan fingerprint density at radius 3 is 2.26 bits per heavy atom. The molecule has 0 unspecified atom stereocenters. The van der Waals surface area contributed by atoms with Gasteiger partial charge in [-0.05, 0) is 152 Å². The molecule has 256 valence electrons. The predicted molar refractivity (Wildman–Crippen MR) is 190 cm³/mol. The summed E-state index contributed by atoms with van der Waals surface area (Å²) in [7, 11) is 0. The van der Waals surface area contributed by atoms with Crippen LogP contribution in [0.5, 0.6) is 0 Å². The molecule has 5 aliphatic carbocycles. The molecule has 4 saturated carbocycles. The van der Waals surface area contributed by atoms with E-state index in [2.05, 4.69) is 64.4 Å². The highest BCUT2D eigenvalue weighted by molar-refractivity contribution is 5.88. The van der Waals surface area contributed by atoms with Gasteiger partial charge < -0.3 is 15.3 Å². The fraction of sp³-hybridized carbons (Fsp3) is 0.714. The van der Waals surface area contributed by atoms with Crippen LogP contribution in [0.1, 0.15) is 128 Å². The van der Waals surface area contributed by atoms with Crippen molar-refractivity contribution >= 4 is 17.4 Å². The van der Waals surface area contributed by atoms with E-state index in [9.17, 15) is 14.7 Å². The molecule has 0 aromatic heterocycles. The number of hydrogen-bond acceptors (Lipinski definition) is 3. The molecule has 1 aromatic carbocycles. The van der Waals surface area contributed by atoms with Crippen LogP contribution < -0.4 is 5.32 Å². The predicted octanol–water partition coefficient (Wildman–Crippen LogP) is 9.00. The van der Waals surface area contributed by atoms with Crippen molar-refractivity contribution in [1.82, 2.24) is 10.2 Å². The van der Waals surface area contributed by atoms with Gasteiger partial charge in [-0.25, -0.2) is 4.79 Å². The zero-order chi connectivity index (χ0) is 33.6. The molecule has 0 radical (unpaired) electrons. The Labute approximate surface area is 284 Å². The Bertz CT molecular complexity index is 1470. The smallest absolute Gasteiger partial charge is 0.335 e. The van der Waals surface area contributed by atoms with Crippen molar-refractivity contribution in [2.24, 2.45) is 51.2 Å². The first-order valence-electron chi connectivity index (χ1n) is 18.9. The number of carbonyl (C=O) groups excluding carboxylic acids is 1. The van der Waals surface area contributed by atoms with Gasteiger partial charge in [-0.1, -0.05) is 65.0 Å². The second-order valence-corrected chi connectivity index (χ2v) is 18.2.